The third-order valence-corrected chi connectivity index (χ3v) is 5.71. The Morgan fingerprint density at radius 2 is 2.03 bits per heavy atom. The van der Waals surface area contributed by atoms with Crippen LogP contribution in [-0.4, -0.2) is 72.0 Å². The molecule has 8 nitrogen and oxygen atoms in total. The van der Waals surface area contributed by atoms with Crippen molar-refractivity contribution < 1.29 is 24.1 Å². The number of β-amino-alcohol motifs (C(OH)–C–C–N with tert-alkyl or cyclic N) is 1. The van der Waals surface area contributed by atoms with Gasteiger partial charge < -0.3 is 24.1 Å². The Balaban J connectivity index is 1.38. The Bertz CT molecular complexity index is 1040. The number of nitrogens with zero attached hydrogens (tertiary/aromatic N) is 3. The molecule has 1 atom stereocenters. The Hall–Kier alpha value is -3.07. The molecule has 1 aromatic heterocycles. The summed E-state index contributed by atoms with van der Waals surface area (Å²) < 4.78 is 24.9. The van der Waals surface area contributed by atoms with Crippen LogP contribution in [0.2, 0.25) is 0 Å². The topological polar surface area (TPSA) is 78.2 Å². The van der Waals surface area contributed by atoms with Crippen molar-refractivity contribution in [3.63, 3.8) is 0 Å². The zero-order valence-electron chi connectivity index (χ0n) is 19.9. The molecule has 1 N–H and O–H groups in total. The lowest BCUT2D eigenvalue weighted by molar-refractivity contribution is -0.0646. The van der Waals surface area contributed by atoms with Gasteiger partial charge in [-0.1, -0.05) is 18.2 Å². The van der Waals surface area contributed by atoms with Crippen LogP contribution < -0.4 is 14.2 Å². The van der Waals surface area contributed by atoms with Crippen molar-refractivity contribution in [1.29, 1.82) is 0 Å². The summed E-state index contributed by atoms with van der Waals surface area (Å²) in [6, 6.07) is 15.6. The highest BCUT2D eigenvalue weighted by atomic mass is 16.5. The Morgan fingerprint density at radius 1 is 1.12 bits per heavy atom. The molecule has 8 heteroatoms. The van der Waals surface area contributed by atoms with Crippen molar-refractivity contribution in [2.75, 3.05) is 46.6 Å². The van der Waals surface area contributed by atoms with E-state index < -0.39 is 5.60 Å². The van der Waals surface area contributed by atoms with E-state index in [0.29, 0.717) is 50.9 Å². The molecule has 1 saturated heterocycles. The quantitative estimate of drug-likeness (QED) is 0.491. The van der Waals surface area contributed by atoms with Crippen molar-refractivity contribution in [2.45, 2.75) is 25.6 Å². The van der Waals surface area contributed by atoms with E-state index in [4.69, 9.17) is 18.9 Å². The highest BCUT2D eigenvalue weighted by Gasteiger charge is 2.33. The average molecular weight is 468 g/mol. The molecule has 1 fully saturated rings. The maximum absolute atomic E-state index is 11.2. The van der Waals surface area contributed by atoms with Crippen LogP contribution in [0.4, 0.5) is 0 Å². The van der Waals surface area contributed by atoms with Crippen LogP contribution in [0, 0.1) is 6.92 Å². The molecular formula is C26H33N3O5. The van der Waals surface area contributed by atoms with Crippen LogP contribution in [0.15, 0.2) is 60.9 Å². The molecule has 0 saturated carbocycles. The molecule has 182 valence electrons. The van der Waals surface area contributed by atoms with Crippen molar-refractivity contribution in [3.05, 3.63) is 72.1 Å². The van der Waals surface area contributed by atoms with Gasteiger partial charge in [-0.15, -0.1) is 0 Å². The lowest BCUT2D eigenvalue weighted by atomic mass is 10.1. The minimum absolute atomic E-state index is 0.164. The first kappa shape index (κ1) is 24.1. The van der Waals surface area contributed by atoms with Crippen LogP contribution in [0.1, 0.15) is 11.1 Å². The van der Waals surface area contributed by atoms with E-state index in [1.54, 1.807) is 13.3 Å². The van der Waals surface area contributed by atoms with Crippen LogP contribution in [-0.2, 0) is 17.8 Å². The fraction of sp³-hybridized carbons (Fsp3) is 0.423. The van der Waals surface area contributed by atoms with E-state index in [0.717, 1.165) is 16.9 Å². The fourth-order valence-corrected chi connectivity index (χ4v) is 4.01. The number of rotatable bonds is 10. The van der Waals surface area contributed by atoms with Gasteiger partial charge in [-0.25, -0.2) is 0 Å². The van der Waals surface area contributed by atoms with Gasteiger partial charge in [0.2, 0.25) is 0 Å². The molecule has 0 unspecified atom stereocenters. The SMILES string of the molecule is COc1ccc(CN2CCOC[C@](O)(COc3cccc(C)c3)C2)cc1OCCn1cccn1. The molecule has 0 amide bonds. The summed E-state index contributed by atoms with van der Waals surface area (Å²) in [6.07, 6.45) is 3.65. The minimum atomic E-state index is -1.10. The number of ether oxygens (including phenoxy) is 4. The van der Waals surface area contributed by atoms with Gasteiger partial charge in [0, 0.05) is 32.0 Å². The predicted molar refractivity (Wildman–Crippen MR) is 128 cm³/mol. The van der Waals surface area contributed by atoms with Crippen molar-refractivity contribution in [2.24, 2.45) is 0 Å². The Labute approximate surface area is 200 Å². The summed E-state index contributed by atoms with van der Waals surface area (Å²) in [6.45, 7) is 5.91. The van der Waals surface area contributed by atoms with Crippen LogP contribution >= 0.6 is 0 Å². The smallest absolute Gasteiger partial charge is 0.161 e. The molecule has 0 spiro atoms. The third-order valence-electron chi connectivity index (χ3n) is 5.71. The number of hydrogen-bond donors (Lipinski definition) is 1. The van der Waals surface area contributed by atoms with Crippen LogP contribution in [0.5, 0.6) is 17.2 Å². The summed E-state index contributed by atoms with van der Waals surface area (Å²) in [5.41, 5.74) is 1.08. The second-order valence-corrected chi connectivity index (χ2v) is 8.70. The monoisotopic (exact) mass is 467 g/mol. The predicted octanol–water partition coefficient (Wildman–Crippen LogP) is 2.92. The van der Waals surface area contributed by atoms with E-state index in [9.17, 15) is 5.11 Å². The summed E-state index contributed by atoms with van der Waals surface area (Å²) in [5.74, 6) is 2.12. The summed E-state index contributed by atoms with van der Waals surface area (Å²) in [5, 5.41) is 15.4. The molecule has 1 aliphatic rings. The van der Waals surface area contributed by atoms with Gasteiger partial charge in [-0.05, 0) is 48.4 Å². The number of benzene rings is 2. The van der Waals surface area contributed by atoms with E-state index in [1.165, 1.54) is 0 Å². The van der Waals surface area contributed by atoms with Gasteiger partial charge in [-0.2, -0.15) is 5.10 Å². The van der Waals surface area contributed by atoms with Gasteiger partial charge in [0.15, 0.2) is 11.5 Å². The molecule has 34 heavy (non-hydrogen) atoms. The number of methoxy groups -OCH3 is 1. The number of aryl methyl sites for hydroxylation is 1. The minimum Gasteiger partial charge on any atom is -0.493 e. The fourth-order valence-electron chi connectivity index (χ4n) is 4.01. The second-order valence-electron chi connectivity index (χ2n) is 8.70. The molecule has 0 radical (unpaired) electrons. The normalized spacial score (nSPS) is 18.9. The Kier molecular flexibility index (Phi) is 8.05. The summed E-state index contributed by atoms with van der Waals surface area (Å²) in [4.78, 5) is 2.18. The van der Waals surface area contributed by atoms with E-state index >= 15 is 0 Å². The molecule has 0 aliphatic carbocycles. The van der Waals surface area contributed by atoms with Gasteiger partial charge in [0.25, 0.3) is 0 Å². The lowest BCUT2D eigenvalue weighted by Gasteiger charge is -2.30. The van der Waals surface area contributed by atoms with E-state index in [1.807, 2.05) is 66.3 Å². The first-order valence-corrected chi connectivity index (χ1v) is 11.5. The van der Waals surface area contributed by atoms with Gasteiger partial charge in [0.1, 0.15) is 24.6 Å². The molecule has 3 aromatic rings. The summed E-state index contributed by atoms with van der Waals surface area (Å²) >= 11 is 0. The third kappa shape index (κ3) is 6.72. The standard InChI is InChI=1S/C26H33N3O5/c1-21-5-3-6-23(15-21)34-20-26(30)18-28(11-13-32-19-26)17-22-7-8-24(31-2)25(16-22)33-14-12-29-10-4-9-27-29/h3-10,15-16,30H,11-14,17-20H2,1-2H3/t26-/m0/s1. The number of aromatic nitrogens is 2. The van der Waals surface area contributed by atoms with Crippen molar-refractivity contribution in [3.8, 4) is 17.2 Å². The molecule has 2 aromatic carbocycles. The van der Waals surface area contributed by atoms with Crippen LogP contribution in [0.3, 0.4) is 0 Å². The average Bonchev–Trinajstić information content (AvgIpc) is 3.27. The van der Waals surface area contributed by atoms with Gasteiger partial charge in [0.05, 0.1) is 26.9 Å². The zero-order valence-corrected chi connectivity index (χ0v) is 19.9. The molecular weight excluding hydrogens is 434 g/mol. The number of aliphatic hydroxyl groups is 1. The molecule has 0 bridgehead atoms. The molecule has 2 heterocycles. The maximum Gasteiger partial charge on any atom is 0.161 e. The lowest BCUT2D eigenvalue weighted by Crippen LogP contribution is -2.48. The highest BCUT2D eigenvalue weighted by Crippen LogP contribution is 2.29. The first-order valence-electron chi connectivity index (χ1n) is 11.5. The first-order chi connectivity index (χ1) is 16.5. The van der Waals surface area contributed by atoms with E-state index in [2.05, 4.69) is 10.00 Å². The van der Waals surface area contributed by atoms with Gasteiger partial charge >= 0.3 is 0 Å². The highest BCUT2D eigenvalue weighted by molar-refractivity contribution is 5.43. The van der Waals surface area contributed by atoms with E-state index in [-0.39, 0.29) is 13.2 Å². The van der Waals surface area contributed by atoms with Crippen molar-refractivity contribution >= 4 is 0 Å². The second kappa shape index (κ2) is 11.4. The molecule has 1 aliphatic heterocycles. The van der Waals surface area contributed by atoms with Crippen molar-refractivity contribution in [1.82, 2.24) is 14.7 Å². The zero-order chi connectivity index (χ0) is 23.8. The number of hydrogen-bond acceptors (Lipinski definition) is 7. The van der Waals surface area contributed by atoms with Crippen LogP contribution in [0.25, 0.3) is 0 Å². The Morgan fingerprint density at radius 3 is 2.82 bits per heavy atom. The van der Waals surface area contributed by atoms with Gasteiger partial charge in [-0.3, -0.25) is 9.58 Å². The largest absolute Gasteiger partial charge is 0.493 e. The maximum atomic E-state index is 11.2. The summed E-state index contributed by atoms with van der Waals surface area (Å²) in [7, 11) is 1.63. The molecule has 4 rings (SSSR count).